The van der Waals surface area contributed by atoms with Gasteiger partial charge in [0.2, 0.25) is 0 Å². The lowest BCUT2D eigenvalue weighted by atomic mass is 10.2. The second kappa shape index (κ2) is 5.54. The molecule has 0 saturated carbocycles. The molecule has 0 atom stereocenters. The molecule has 0 aliphatic rings. The number of nitrogens with one attached hydrogen (secondary N) is 1. The van der Waals surface area contributed by atoms with Crippen LogP contribution in [0.15, 0.2) is 34.1 Å². The van der Waals surface area contributed by atoms with Gasteiger partial charge in [0.1, 0.15) is 5.75 Å². The van der Waals surface area contributed by atoms with Crippen molar-refractivity contribution < 1.29 is 9.53 Å². The van der Waals surface area contributed by atoms with Crippen molar-refractivity contribution in [1.29, 1.82) is 0 Å². The lowest BCUT2D eigenvalue weighted by molar-refractivity contribution is 0.103. The molecule has 18 heavy (non-hydrogen) atoms. The number of benzene rings is 1. The van der Waals surface area contributed by atoms with Gasteiger partial charge in [-0.1, -0.05) is 6.07 Å². The fourth-order valence-electron chi connectivity index (χ4n) is 1.48. The number of carbonyl (C=O) groups excluding carboxylic acids is 1. The van der Waals surface area contributed by atoms with E-state index < -0.39 is 0 Å². The number of halogens is 1. The Balaban J connectivity index is 2.21. The number of amides is 1. The summed E-state index contributed by atoms with van der Waals surface area (Å²) < 4.78 is 6.08. The first-order valence-electron chi connectivity index (χ1n) is 5.31. The number of hydrogen-bond donors (Lipinski definition) is 1. The summed E-state index contributed by atoms with van der Waals surface area (Å²) in [6, 6.07) is 9.25. The zero-order chi connectivity index (χ0) is 13.1. The number of hydrogen-bond acceptors (Lipinski definition) is 3. The smallest absolute Gasteiger partial charge is 0.265 e. The molecule has 2 aromatic rings. The average molecular weight is 326 g/mol. The highest BCUT2D eigenvalue weighted by Crippen LogP contribution is 2.25. The van der Waals surface area contributed by atoms with Crippen LogP contribution in [-0.2, 0) is 0 Å². The minimum absolute atomic E-state index is 0.109. The predicted molar refractivity (Wildman–Crippen MR) is 77.7 cm³/mol. The number of carbonyl (C=O) groups is 1. The second-order valence-electron chi connectivity index (χ2n) is 3.74. The highest BCUT2D eigenvalue weighted by molar-refractivity contribution is 9.11. The summed E-state index contributed by atoms with van der Waals surface area (Å²) in [4.78, 5) is 12.7. The van der Waals surface area contributed by atoms with E-state index in [4.69, 9.17) is 4.74 Å². The number of aryl methyl sites for hydroxylation is 1. The second-order valence-corrected chi connectivity index (χ2v) is 6.20. The van der Waals surface area contributed by atoms with E-state index in [1.165, 1.54) is 11.3 Å². The summed E-state index contributed by atoms with van der Waals surface area (Å²) in [6.07, 6.45) is 0. The Kier molecular flexibility index (Phi) is 4.04. The molecule has 0 aliphatic heterocycles. The predicted octanol–water partition coefficient (Wildman–Crippen LogP) is 4.08. The Morgan fingerprint density at radius 2 is 2.11 bits per heavy atom. The highest BCUT2D eigenvalue weighted by atomic mass is 79.9. The molecule has 2 rings (SSSR count). The first-order valence-corrected chi connectivity index (χ1v) is 6.92. The lowest BCUT2D eigenvalue weighted by Crippen LogP contribution is -2.11. The summed E-state index contributed by atoms with van der Waals surface area (Å²) in [5.74, 6) is 0.616. The van der Waals surface area contributed by atoms with Crippen LogP contribution in [0, 0.1) is 6.92 Å². The topological polar surface area (TPSA) is 38.3 Å². The van der Waals surface area contributed by atoms with Crippen molar-refractivity contribution in [2.45, 2.75) is 6.92 Å². The van der Waals surface area contributed by atoms with Crippen LogP contribution in [0.5, 0.6) is 5.75 Å². The van der Waals surface area contributed by atoms with Crippen LogP contribution in [0.1, 0.15) is 15.2 Å². The Hall–Kier alpha value is -1.33. The Morgan fingerprint density at radius 1 is 1.33 bits per heavy atom. The van der Waals surface area contributed by atoms with Crippen LogP contribution in [0.2, 0.25) is 0 Å². The maximum Gasteiger partial charge on any atom is 0.265 e. The van der Waals surface area contributed by atoms with Crippen molar-refractivity contribution in [3.8, 4) is 5.75 Å². The van der Waals surface area contributed by atoms with Crippen molar-refractivity contribution >= 4 is 38.9 Å². The summed E-state index contributed by atoms with van der Waals surface area (Å²) in [6.45, 7) is 1.94. The fourth-order valence-corrected chi connectivity index (χ4v) is 2.76. The molecular weight excluding hydrogens is 314 g/mol. The van der Waals surface area contributed by atoms with E-state index in [0.29, 0.717) is 4.88 Å². The first kappa shape index (κ1) is 13.1. The molecule has 3 nitrogen and oxygen atoms in total. The zero-order valence-electron chi connectivity index (χ0n) is 9.99. The van der Waals surface area contributed by atoms with Crippen molar-refractivity contribution in [3.05, 3.63) is 44.6 Å². The number of rotatable bonds is 3. The zero-order valence-corrected chi connectivity index (χ0v) is 12.4. The van der Waals surface area contributed by atoms with Gasteiger partial charge in [-0.05, 0) is 46.6 Å². The fraction of sp³-hybridized carbons (Fsp3) is 0.154. The SMILES string of the molecule is COc1ccc(C)c(NC(=O)c2ccc(Br)s2)c1. The molecule has 94 valence electrons. The van der Waals surface area contributed by atoms with E-state index in [9.17, 15) is 4.79 Å². The van der Waals surface area contributed by atoms with Gasteiger partial charge >= 0.3 is 0 Å². The first-order chi connectivity index (χ1) is 8.60. The molecular formula is C13H12BrNO2S. The number of anilines is 1. The van der Waals surface area contributed by atoms with Gasteiger partial charge in [-0.3, -0.25) is 4.79 Å². The molecule has 0 aliphatic carbocycles. The molecule has 0 unspecified atom stereocenters. The maximum atomic E-state index is 12.0. The maximum absolute atomic E-state index is 12.0. The number of methoxy groups -OCH3 is 1. The Morgan fingerprint density at radius 3 is 2.72 bits per heavy atom. The molecule has 0 radical (unpaired) electrons. The minimum atomic E-state index is -0.109. The van der Waals surface area contributed by atoms with Crippen molar-refractivity contribution in [3.63, 3.8) is 0 Å². The standard InChI is InChI=1S/C13H12BrNO2S/c1-8-3-4-9(17-2)7-10(8)15-13(16)11-5-6-12(14)18-11/h3-7H,1-2H3,(H,15,16). The van der Waals surface area contributed by atoms with Gasteiger partial charge in [-0.15, -0.1) is 11.3 Å². The van der Waals surface area contributed by atoms with E-state index in [0.717, 1.165) is 20.8 Å². The molecule has 1 amide bonds. The summed E-state index contributed by atoms with van der Waals surface area (Å²) in [5.41, 5.74) is 1.77. The Labute approximate surface area is 118 Å². The van der Waals surface area contributed by atoms with Crippen LogP contribution in [0.4, 0.5) is 5.69 Å². The number of thiophene rings is 1. The molecule has 5 heteroatoms. The summed E-state index contributed by atoms with van der Waals surface area (Å²) >= 11 is 4.75. The van der Waals surface area contributed by atoms with Gasteiger partial charge in [-0.2, -0.15) is 0 Å². The summed E-state index contributed by atoms with van der Waals surface area (Å²) in [7, 11) is 1.60. The minimum Gasteiger partial charge on any atom is -0.497 e. The molecule has 1 aromatic heterocycles. The quantitative estimate of drug-likeness (QED) is 0.923. The molecule has 0 saturated heterocycles. The van der Waals surface area contributed by atoms with Gasteiger partial charge in [0.05, 0.1) is 15.8 Å². The molecule has 1 aromatic carbocycles. The van der Waals surface area contributed by atoms with E-state index in [1.807, 2.05) is 31.2 Å². The lowest BCUT2D eigenvalue weighted by Gasteiger charge is -2.09. The molecule has 0 bridgehead atoms. The van der Waals surface area contributed by atoms with Crippen LogP contribution in [-0.4, -0.2) is 13.0 Å². The van der Waals surface area contributed by atoms with Gasteiger partial charge in [-0.25, -0.2) is 0 Å². The summed E-state index contributed by atoms with van der Waals surface area (Å²) in [5, 5.41) is 2.89. The monoisotopic (exact) mass is 325 g/mol. The molecule has 1 N–H and O–H groups in total. The number of ether oxygens (including phenoxy) is 1. The van der Waals surface area contributed by atoms with E-state index in [-0.39, 0.29) is 5.91 Å². The largest absolute Gasteiger partial charge is 0.497 e. The third-order valence-corrected chi connectivity index (χ3v) is 4.11. The normalized spacial score (nSPS) is 10.2. The highest BCUT2D eigenvalue weighted by Gasteiger charge is 2.10. The van der Waals surface area contributed by atoms with E-state index in [2.05, 4.69) is 21.2 Å². The van der Waals surface area contributed by atoms with Crippen molar-refractivity contribution in [1.82, 2.24) is 0 Å². The average Bonchev–Trinajstić information content (AvgIpc) is 2.79. The van der Waals surface area contributed by atoms with E-state index >= 15 is 0 Å². The van der Waals surface area contributed by atoms with Gasteiger partial charge in [0.15, 0.2) is 0 Å². The molecule has 0 spiro atoms. The van der Waals surface area contributed by atoms with Crippen LogP contribution in [0.25, 0.3) is 0 Å². The van der Waals surface area contributed by atoms with Crippen LogP contribution in [0.3, 0.4) is 0 Å². The van der Waals surface area contributed by atoms with Crippen LogP contribution >= 0.6 is 27.3 Å². The van der Waals surface area contributed by atoms with Gasteiger partial charge in [0.25, 0.3) is 5.91 Å². The molecule has 0 fully saturated rings. The van der Waals surface area contributed by atoms with Crippen molar-refractivity contribution in [2.75, 3.05) is 12.4 Å². The van der Waals surface area contributed by atoms with Gasteiger partial charge < -0.3 is 10.1 Å². The third kappa shape index (κ3) is 2.91. The van der Waals surface area contributed by atoms with E-state index in [1.54, 1.807) is 13.2 Å². The van der Waals surface area contributed by atoms with Crippen molar-refractivity contribution in [2.24, 2.45) is 0 Å². The molecule has 1 heterocycles. The van der Waals surface area contributed by atoms with Crippen LogP contribution < -0.4 is 10.1 Å². The van der Waals surface area contributed by atoms with Gasteiger partial charge in [0, 0.05) is 11.8 Å². The third-order valence-electron chi connectivity index (χ3n) is 2.49. The Bertz CT molecular complexity index is 580.